The van der Waals surface area contributed by atoms with E-state index in [1.54, 1.807) is 35.7 Å². The van der Waals surface area contributed by atoms with Gasteiger partial charge in [0.15, 0.2) is 5.96 Å². The van der Waals surface area contributed by atoms with Crippen LogP contribution in [-0.2, 0) is 27.9 Å². The molecule has 1 fully saturated rings. The normalized spacial score (nSPS) is 16.0. The number of rotatable bonds is 7. The summed E-state index contributed by atoms with van der Waals surface area (Å²) in [6, 6.07) is 14.6. The molecule has 29 heavy (non-hydrogen) atoms. The first-order valence-electron chi connectivity index (χ1n) is 9.73. The van der Waals surface area contributed by atoms with Gasteiger partial charge in [-0.05, 0) is 36.6 Å². The molecule has 0 radical (unpaired) electrons. The standard InChI is InChI=1S/C21H28N4O3S/c1-28-16-18-7-3-4-8-20(18)24-21(22)23-15-17-9-11-19(12-10-17)29(26,27)25-13-5-2-6-14-25/h3-4,7-12H,2,5-6,13-16H2,1H3,(H3,22,23,24). The third kappa shape index (κ3) is 5.56. The predicted molar refractivity (Wildman–Crippen MR) is 115 cm³/mol. The molecular formula is C21H28N4O3S. The molecule has 3 rings (SSSR count). The van der Waals surface area contributed by atoms with Gasteiger partial charge in [0.05, 0.1) is 18.0 Å². The fourth-order valence-corrected chi connectivity index (χ4v) is 4.82. The van der Waals surface area contributed by atoms with Crippen LogP contribution >= 0.6 is 0 Å². The molecule has 1 aliphatic heterocycles. The molecule has 2 aromatic carbocycles. The number of guanidine groups is 1. The van der Waals surface area contributed by atoms with E-state index < -0.39 is 10.0 Å². The summed E-state index contributed by atoms with van der Waals surface area (Å²) in [5.74, 6) is 0.290. The minimum absolute atomic E-state index is 0.290. The molecule has 0 aromatic heterocycles. The van der Waals surface area contributed by atoms with Crippen molar-refractivity contribution in [3.63, 3.8) is 0 Å². The minimum Gasteiger partial charge on any atom is -0.380 e. The Bertz CT molecular complexity index is 937. The average molecular weight is 417 g/mol. The van der Waals surface area contributed by atoms with Gasteiger partial charge < -0.3 is 15.8 Å². The topological polar surface area (TPSA) is 97.0 Å². The molecule has 0 aliphatic carbocycles. The van der Waals surface area contributed by atoms with Gasteiger partial charge in [0.1, 0.15) is 0 Å². The number of hydrogen-bond donors (Lipinski definition) is 2. The van der Waals surface area contributed by atoms with Gasteiger partial charge in [0.2, 0.25) is 10.0 Å². The summed E-state index contributed by atoms with van der Waals surface area (Å²) >= 11 is 0. The van der Waals surface area contributed by atoms with Gasteiger partial charge in [-0.3, -0.25) is 0 Å². The van der Waals surface area contributed by atoms with Crippen LogP contribution < -0.4 is 11.1 Å². The van der Waals surface area contributed by atoms with Crippen molar-refractivity contribution >= 4 is 21.7 Å². The van der Waals surface area contributed by atoms with Crippen molar-refractivity contribution in [3.8, 4) is 0 Å². The second kappa shape index (κ2) is 9.87. The highest BCUT2D eigenvalue weighted by Crippen LogP contribution is 2.21. The van der Waals surface area contributed by atoms with Crippen LogP contribution in [0.15, 0.2) is 58.4 Å². The van der Waals surface area contributed by atoms with Crippen molar-refractivity contribution in [1.82, 2.24) is 4.31 Å². The molecule has 0 amide bonds. The van der Waals surface area contributed by atoms with Crippen LogP contribution in [-0.4, -0.2) is 38.9 Å². The minimum atomic E-state index is -3.41. The summed E-state index contributed by atoms with van der Waals surface area (Å²) < 4.78 is 32.2. The summed E-state index contributed by atoms with van der Waals surface area (Å²) in [5.41, 5.74) is 8.73. The van der Waals surface area contributed by atoms with Crippen molar-refractivity contribution < 1.29 is 13.2 Å². The second-order valence-corrected chi connectivity index (χ2v) is 8.96. The number of aliphatic imine (C=N–C) groups is 1. The molecule has 0 bridgehead atoms. The molecule has 8 heteroatoms. The molecule has 0 spiro atoms. The molecule has 1 heterocycles. The van der Waals surface area contributed by atoms with E-state index in [2.05, 4.69) is 10.3 Å². The molecule has 156 valence electrons. The molecule has 3 N–H and O–H groups in total. The molecule has 0 unspecified atom stereocenters. The Kier molecular flexibility index (Phi) is 7.24. The van der Waals surface area contributed by atoms with Crippen molar-refractivity contribution in [3.05, 3.63) is 59.7 Å². The summed E-state index contributed by atoms with van der Waals surface area (Å²) in [6.45, 7) is 2.03. The molecule has 1 aliphatic rings. The van der Waals surface area contributed by atoms with E-state index in [4.69, 9.17) is 10.5 Å². The summed E-state index contributed by atoms with van der Waals surface area (Å²) in [6.07, 6.45) is 2.94. The Morgan fingerprint density at radius 2 is 1.79 bits per heavy atom. The lowest BCUT2D eigenvalue weighted by atomic mass is 10.2. The molecule has 1 saturated heterocycles. The van der Waals surface area contributed by atoms with Gasteiger partial charge in [-0.2, -0.15) is 4.31 Å². The van der Waals surface area contributed by atoms with E-state index in [9.17, 15) is 8.42 Å². The van der Waals surface area contributed by atoms with Crippen molar-refractivity contribution in [2.75, 3.05) is 25.5 Å². The number of methoxy groups -OCH3 is 1. The number of nitrogens with two attached hydrogens (primary N) is 1. The lowest BCUT2D eigenvalue weighted by Gasteiger charge is -2.25. The zero-order valence-corrected chi connectivity index (χ0v) is 17.5. The van der Waals surface area contributed by atoms with Crippen LogP contribution in [0.1, 0.15) is 30.4 Å². The van der Waals surface area contributed by atoms with Gasteiger partial charge in [0, 0.05) is 31.5 Å². The van der Waals surface area contributed by atoms with Crippen LogP contribution in [0, 0.1) is 0 Å². The van der Waals surface area contributed by atoms with Crippen LogP contribution in [0.5, 0.6) is 0 Å². The van der Waals surface area contributed by atoms with E-state index in [-0.39, 0.29) is 0 Å². The SMILES string of the molecule is COCc1ccccc1NC(N)=NCc1ccc(S(=O)(=O)N2CCCCC2)cc1. The fourth-order valence-electron chi connectivity index (χ4n) is 3.30. The van der Waals surface area contributed by atoms with E-state index in [1.165, 1.54) is 0 Å². The third-order valence-corrected chi connectivity index (χ3v) is 6.80. The maximum absolute atomic E-state index is 12.7. The number of piperidine rings is 1. The van der Waals surface area contributed by atoms with E-state index in [0.29, 0.717) is 37.1 Å². The largest absolute Gasteiger partial charge is 0.380 e. The van der Waals surface area contributed by atoms with Gasteiger partial charge in [-0.1, -0.05) is 36.8 Å². The van der Waals surface area contributed by atoms with Gasteiger partial charge >= 0.3 is 0 Å². The summed E-state index contributed by atoms with van der Waals surface area (Å²) in [4.78, 5) is 4.68. The van der Waals surface area contributed by atoms with Crippen molar-refractivity contribution in [2.24, 2.45) is 10.7 Å². The first-order chi connectivity index (χ1) is 14.0. The molecular weight excluding hydrogens is 388 g/mol. The Balaban J connectivity index is 1.64. The zero-order valence-electron chi connectivity index (χ0n) is 16.7. The zero-order chi connectivity index (χ0) is 20.7. The lowest BCUT2D eigenvalue weighted by Crippen LogP contribution is -2.35. The Hall–Kier alpha value is -2.42. The van der Waals surface area contributed by atoms with Crippen LogP contribution in [0.4, 0.5) is 5.69 Å². The number of para-hydroxylation sites is 1. The summed E-state index contributed by atoms with van der Waals surface area (Å²) in [7, 11) is -1.77. The van der Waals surface area contributed by atoms with Gasteiger partial charge in [-0.25, -0.2) is 13.4 Å². The first kappa shape index (κ1) is 21.3. The quantitative estimate of drug-likeness (QED) is 0.534. The number of nitrogens with one attached hydrogen (secondary N) is 1. The van der Waals surface area contributed by atoms with Crippen molar-refractivity contribution in [2.45, 2.75) is 37.3 Å². The number of benzene rings is 2. The number of anilines is 1. The molecule has 0 saturated carbocycles. The smallest absolute Gasteiger partial charge is 0.243 e. The summed E-state index contributed by atoms with van der Waals surface area (Å²) in [5, 5.41) is 3.09. The van der Waals surface area contributed by atoms with Gasteiger partial charge in [-0.15, -0.1) is 0 Å². The Morgan fingerprint density at radius 1 is 1.10 bits per heavy atom. The highest BCUT2D eigenvalue weighted by Gasteiger charge is 2.25. The highest BCUT2D eigenvalue weighted by atomic mass is 32.2. The molecule has 7 nitrogen and oxygen atoms in total. The highest BCUT2D eigenvalue weighted by molar-refractivity contribution is 7.89. The Labute approximate surface area is 172 Å². The van der Waals surface area contributed by atoms with E-state index in [1.807, 2.05) is 24.3 Å². The first-order valence-corrected chi connectivity index (χ1v) is 11.2. The fraction of sp³-hybridized carbons (Fsp3) is 0.381. The monoisotopic (exact) mass is 416 g/mol. The predicted octanol–water partition coefficient (Wildman–Crippen LogP) is 2.93. The lowest BCUT2D eigenvalue weighted by molar-refractivity contribution is 0.185. The van der Waals surface area contributed by atoms with E-state index in [0.717, 1.165) is 36.1 Å². The Morgan fingerprint density at radius 3 is 2.48 bits per heavy atom. The number of hydrogen-bond acceptors (Lipinski definition) is 4. The maximum Gasteiger partial charge on any atom is 0.243 e. The van der Waals surface area contributed by atoms with Crippen LogP contribution in [0.25, 0.3) is 0 Å². The number of ether oxygens (including phenoxy) is 1. The number of sulfonamides is 1. The molecule has 2 aromatic rings. The second-order valence-electron chi connectivity index (χ2n) is 7.03. The van der Waals surface area contributed by atoms with Crippen LogP contribution in [0.2, 0.25) is 0 Å². The average Bonchev–Trinajstić information content (AvgIpc) is 2.75. The van der Waals surface area contributed by atoms with E-state index >= 15 is 0 Å². The third-order valence-electron chi connectivity index (χ3n) is 4.89. The van der Waals surface area contributed by atoms with Gasteiger partial charge in [0.25, 0.3) is 0 Å². The number of nitrogens with zero attached hydrogens (tertiary/aromatic N) is 2. The van der Waals surface area contributed by atoms with Crippen molar-refractivity contribution in [1.29, 1.82) is 0 Å². The molecule has 0 atom stereocenters. The van der Waals surface area contributed by atoms with Crippen LogP contribution in [0.3, 0.4) is 0 Å². The maximum atomic E-state index is 12.7.